The molecule has 1 saturated carbocycles. The zero-order chi connectivity index (χ0) is 21.3. The van der Waals surface area contributed by atoms with E-state index in [1.165, 1.54) is 23.7 Å². The van der Waals surface area contributed by atoms with Crippen molar-refractivity contribution in [2.75, 3.05) is 0 Å². The Morgan fingerprint density at radius 2 is 0.889 bits per heavy atom. The molecule has 0 bridgehead atoms. The molecule has 0 atom stereocenters. The van der Waals surface area contributed by atoms with Gasteiger partial charge in [0.15, 0.2) is 0 Å². The van der Waals surface area contributed by atoms with Gasteiger partial charge in [-0.15, -0.1) is 5.54 Å². The van der Waals surface area contributed by atoms with Crippen molar-refractivity contribution in [3.63, 3.8) is 0 Å². The second kappa shape index (κ2) is 11.0. The monoisotopic (exact) mass is 561 g/mol. The van der Waals surface area contributed by atoms with E-state index >= 15 is 0 Å². The van der Waals surface area contributed by atoms with Gasteiger partial charge in [0, 0.05) is 0 Å². The summed E-state index contributed by atoms with van der Waals surface area (Å²) < 4.78 is 4.82. The Morgan fingerprint density at radius 1 is 0.593 bits per heavy atom. The molecular formula is C21H45N2Si3Sm+. The molecule has 0 aliphatic heterocycles. The van der Waals surface area contributed by atoms with Gasteiger partial charge in [-0.05, 0) is 29.2 Å². The molecule has 1 aliphatic rings. The molecule has 0 unspecified atom stereocenters. The quantitative estimate of drug-likeness (QED) is 0.313. The van der Waals surface area contributed by atoms with E-state index in [0.29, 0.717) is 0 Å². The third kappa shape index (κ3) is 11.8. The van der Waals surface area contributed by atoms with Crippen LogP contribution in [-0.4, -0.2) is 30.2 Å². The van der Waals surface area contributed by atoms with Crippen molar-refractivity contribution in [1.82, 2.24) is 0 Å². The van der Waals surface area contributed by atoms with Crippen LogP contribution in [0.2, 0.25) is 52.4 Å². The summed E-state index contributed by atoms with van der Waals surface area (Å²) in [5.74, 6) is 5.87. The van der Waals surface area contributed by atoms with Crippen molar-refractivity contribution >= 4 is 24.7 Å². The maximum atomic E-state index is 5.13. The van der Waals surface area contributed by atoms with E-state index in [2.05, 4.69) is 101 Å². The molecule has 0 spiro atoms. The van der Waals surface area contributed by atoms with Crippen LogP contribution in [0.1, 0.15) is 48.5 Å². The molecule has 156 valence electrons. The smallest absolute Gasteiger partial charge is 0.668 e. The first-order valence-electron chi connectivity index (χ1n) is 9.89. The van der Waals surface area contributed by atoms with Crippen molar-refractivity contribution in [2.24, 2.45) is 0 Å². The van der Waals surface area contributed by atoms with Crippen LogP contribution in [0.5, 0.6) is 0 Å². The summed E-state index contributed by atoms with van der Waals surface area (Å²) in [5, 5.41) is 0. The largest absolute Gasteiger partial charge is 3.00 e. The van der Waals surface area contributed by atoms with Crippen LogP contribution in [0.4, 0.5) is 0 Å². The molecule has 0 aromatic carbocycles. The molecule has 0 amide bonds. The van der Waals surface area contributed by atoms with Gasteiger partial charge < -0.3 is 9.63 Å². The minimum atomic E-state index is -1.69. The van der Waals surface area contributed by atoms with E-state index in [0.717, 1.165) is 0 Å². The summed E-state index contributed by atoms with van der Waals surface area (Å²) in [6, 6.07) is 0. The fraction of sp³-hybridized carbons (Fsp3) is 0.762. The first kappa shape index (κ1) is 31.1. The Morgan fingerprint density at radius 3 is 1.07 bits per heavy atom. The van der Waals surface area contributed by atoms with Crippen LogP contribution in [0, 0.1) is 69.6 Å². The van der Waals surface area contributed by atoms with E-state index in [1.807, 2.05) is 0 Å². The maximum absolute atomic E-state index is 5.13. The summed E-state index contributed by atoms with van der Waals surface area (Å²) in [4.78, 5) is 5.13. The van der Waals surface area contributed by atoms with Gasteiger partial charge in [0.1, 0.15) is 0 Å². The topological polar surface area (TPSA) is 28.2 Å². The van der Waals surface area contributed by atoms with E-state index in [-0.39, 0.29) is 45.9 Å². The first-order valence-corrected chi connectivity index (χ1v) is 19.7. The van der Waals surface area contributed by atoms with Crippen LogP contribution in [0.25, 0.3) is 9.63 Å². The number of hydrogen-bond acceptors (Lipinski definition) is 0. The molecule has 2 nitrogen and oxygen atoms in total. The van der Waals surface area contributed by atoms with Gasteiger partial charge in [-0.25, -0.2) is 0 Å². The summed E-state index contributed by atoms with van der Waals surface area (Å²) in [6.45, 7) is 34.1. The van der Waals surface area contributed by atoms with Gasteiger partial charge in [0.05, 0.1) is 0 Å². The van der Waals surface area contributed by atoms with Gasteiger partial charge in [-0.2, -0.15) is 0 Å². The predicted octanol–water partition coefficient (Wildman–Crippen LogP) is 7.90. The molecular weight excluding hydrogens is 515 g/mol. The van der Waals surface area contributed by atoms with Gasteiger partial charge in [-0.1, -0.05) is 126 Å². The fourth-order valence-corrected chi connectivity index (χ4v) is 16.1. The van der Waals surface area contributed by atoms with E-state index in [9.17, 15) is 0 Å². The molecule has 1 aliphatic carbocycles. The Balaban J connectivity index is 0. The second-order valence-corrected chi connectivity index (χ2v) is 24.6. The standard InChI is InChI=1S/C15H27NSi.C6H18NSi2.Sm/c1-10-11(2)13(4)14(12(10)3)17(8,9)16-15(5,6)7;1-8(2,3)7-9(4,5)6;/h1-9H3;1-6H3;/q2*-1;+3. The molecule has 1 fully saturated rings. The third-order valence-corrected chi connectivity index (χ3v) is 12.9. The normalized spacial score (nSPS) is 19.7. The van der Waals surface area contributed by atoms with Crippen molar-refractivity contribution < 1.29 is 40.4 Å². The SMILES string of the molecule is C[C]1[C](C)[C](C)[C]([Si](C)(C)[N-]C(C)(C)C)[C]1C.C[Si](C)(C)[N-][Si](C)(C)C.[Sm+3]. The molecule has 1 rings (SSSR count). The van der Waals surface area contributed by atoms with Crippen molar-refractivity contribution in [1.29, 1.82) is 0 Å². The van der Waals surface area contributed by atoms with Gasteiger partial charge in [-0.3, -0.25) is 0 Å². The van der Waals surface area contributed by atoms with Crippen LogP contribution in [0.15, 0.2) is 0 Å². The molecule has 6 heteroatoms. The summed E-state index contributed by atoms with van der Waals surface area (Å²) in [6.07, 6.45) is 0. The Labute approximate surface area is 208 Å². The average molecular weight is 560 g/mol. The molecule has 0 aromatic heterocycles. The van der Waals surface area contributed by atoms with E-state index in [1.54, 1.807) is 5.54 Å². The number of nitrogens with zero attached hydrogens (tertiary/aromatic N) is 2. The minimum absolute atomic E-state index is 0. The molecule has 6 radical (unpaired) electrons. The van der Waals surface area contributed by atoms with E-state index in [4.69, 9.17) is 9.63 Å². The van der Waals surface area contributed by atoms with Gasteiger partial charge >= 0.3 is 40.4 Å². The Hall–Kier alpha value is 1.91. The zero-order valence-corrected chi connectivity index (χ0v) is 26.4. The maximum Gasteiger partial charge on any atom is 3.00 e. The van der Waals surface area contributed by atoms with Crippen molar-refractivity contribution in [2.45, 2.75) is 106 Å². The molecule has 27 heavy (non-hydrogen) atoms. The second-order valence-electron chi connectivity index (χ2n) is 11.2. The van der Waals surface area contributed by atoms with Crippen molar-refractivity contribution in [3.8, 4) is 0 Å². The van der Waals surface area contributed by atoms with E-state index < -0.39 is 24.7 Å². The Bertz CT molecular complexity index is 410. The number of hydrogen-bond donors (Lipinski definition) is 0. The van der Waals surface area contributed by atoms with Gasteiger partial charge in [0.25, 0.3) is 0 Å². The fourth-order valence-electron chi connectivity index (χ4n) is 4.04. The summed E-state index contributed by atoms with van der Waals surface area (Å²) in [7, 11) is -3.90. The molecule has 0 aromatic rings. The number of rotatable bonds is 4. The molecule has 0 saturated heterocycles. The van der Waals surface area contributed by atoms with Crippen LogP contribution >= 0.6 is 0 Å². The van der Waals surface area contributed by atoms with Gasteiger partial charge in [0.2, 0.25) is 0 Å². The van der Waals surface area contributed by atoms with Crippen LogP contribution in [-0.2, 0) is 0 Å². The summed E-state index contributed by atoms with van der Waals surface area (Å²) in [5.41, 5.74) is 1.62. The third-order valence-electron chi connectivity index (χ3n) is 4.34. The minimum Gasteiger partial charge on any atom is -0.668 e. The molecule has 0 heterocycles. The van der Waals surface area contributed by atoms with Crippen LogP contribution in [0.3, 0.4) is 0 Å². The van der Waals surface area contributed by atoms with Crippen LogP contribution < -0.4 is 0 Å². The first-order chi connectivity index (χ1) is 11.2. The predicted molar refractivity (Wildman–Crippen MR) is 130 cm³/mol. The summed E-state index contributed by atoms with van der Waals surface area (Å²) >= 11 is 0. The zero-order valence-electron chi connectivity index (χ0n) is 20.8. The molecule has 0 N–H and O–H groups in total. The van der Waals surface area contributed by atoms with Crippen molar-refractivity contribution in [3.05, 3.63) is 38.8 Å². The Kier molecular flexibility index (Phi) is 12.6. The average Bonchev–Trinajstić information content (AvgIpc) is 2.46.